The van der Waals surface area contributed by atoms with E-state index in [1.54, 1.807) is 5.30 Å². The van der Waals surface area contributed by atoms with Crippen LogP contribution in [0.2, 0.25) is 0 Å². The second-order valence-corrected chi connectivity index (χ2v) is 12.7. The van der Waals surface area contributed by atoms with Gasteiger partial charge in [-0.25, -0.2) is 0 Å². The first-order chi connectivity index (χ1) is 12.0. The lowest BCUT2D eigenvalue weighted by molar-refractivity contribution is -0.00000550. The maximum absolute atomic E-state index is 2.65. The molecule has 142 valence electrons. The van der Waals surface area contributed by atoms with Crippen LogP contribution in [0.15, 0.2) is 60.7 Å². The lowest BCUT2D eigenvalue weighted by atomic mass is 9.77. The predicted molar refractivity (Wildman–Crippen MR) is 114 cm³/mol. The van der Waals surface area contributed by atoms with Crippen LogP contribution in [-0.2, 0) is 6.16 Å². The quantitative estimate of drug-likeness (QED) is 0.703. The Kier molecular flexibility index (Phi) is 7.42. The minimum atomic E-state index is -1.27. The topological polar surface area (TPSA) is 0 Å². The highest BCUT2D eigenvalue weighted by molar-refractivity contribution is 7.82. The molecule has 0 aliphatic heterocycles. The molecule has 0 spiro atoms. The maximum Gasteiger partial charge on any atom is 0.0943 e. The van der Waals surface area contributed by atoms with Crippen molar-refractivity contribution in [3.05, 3.63) is 66.2 Å². The second-order valence-electron chi connectivity index (χ2n) is 8.64. The molecule has 1 fully saturated rings. The normalized spacial score (nSPS) is 25.3. The molecular weight excluding hydrogens is 338 g/mol. The first kappa shape index (κ1) is 21.1. The molecule has 0 heterocycles. The fraction of sp³-hybridized carbons (Fsp3) is 0.500. The molecule has 1 aliphatic carbocycles. The summed E-state index contributed by atoms with van der Waals surface area (Å²) in [5, 5.41) is 1.63. The van der Waals surface area contributed by atoms with E-state index in [1.165, 1.54) is 31.0 Å². The van der Waals surface area contributed by atoms with Crippen molar-refractivity contribution >= 4 is 12.6 Å². The van der Waals surface area contributed by atoms with Crippen molar-refractivity contribution in [1.29, 1.82) is 0 Å². The van der Waals surface area contributed by atoms with Gasteiger partial charge in [0.15, 0.2) is 0 Å². The Balaban J connectivity index is 0.00000243. The number of hydrogen-bond donors (Lipinski definition) is 0. The summed E-state index contributed by atoms with van der Waals surface area (Å²) in [5.41, 5.74) is 2.38. The largest absolute Gasteiger partial charge is 1.00 e. The minimum absolute atomic E-state index is 0. The SMILES string of the molecule is CC(C)[C@@H]1CC[C@@H](C)C[C@H]1[P+](C)(Cc1ccccc1)c1ccccc1.[F-]. The Bertz CT molecular complexity index is 654. The molecule has 2 aromatic rings. The molecule has 1 saturated carbocycles. The van der Waals surface area contributed by atoms with Crippen LogP contribution in [0.25, 0.3) is 0 Å². The van der Waals surface area contributed by atoms with E-state index in [0.29, 0.717) is 0 Å². The molecule has 0 amide bonds. The molecule has 0 aromatic heterocycles. The summed E-state index contributed by atoms with van der Waals surface area (Å²) in [6.07, 6.45) is 5.49. The smallest absolute Gasteiger partial charge is 0.0943 e. The molecule has 0 bridgehead atoms. The lowest BCUT2D eigenvalue weighted by Gasteiger charge is -2.43. The standard InChI is InChI=1S/C24H34P.FH/c1-19(2)23-16-15-20(3)17-24(23)25(4,22-13-9-6-10-14-22)18-21-11-7-5-8-12-21;/h5-14,19-20,23-24H,15-18H2,1-4H3;1H/q+1;/p-1/t20-,23+,24-,25?;/m1./s1. The highest BCUT2D eigenvalue weighted by atomic mass is 31.2. The van der Waals surface area contributed by atoms with Crippen molar-refractivity contribution in [2.75, 3.05) is 6.66 Å². The number of halogens is 1. The average Bonchev–Trinajstić information content (AvgIpc) is 2.63. The van der Waals surface area contributed by atoms with Gasteiger partial charge in [0.1, 0.15) is 0 Å². The third kappa shape index (κ3) is 4.55. The highest BCUT2D eigenvalue weighted by Gasteiger charge is 2.49. The summed E-state index contributed by atoms with van der Waals surface area (Å²) >= 11 is 0. The molecule has 2 heteroatoms. The van der Waals surface area contributed by atoms with Crippen molar-refractivity contribution in [3.8, 4) is 0 Å². The van der Waals surface area contributed by atoms with Gasteiger partial charge in [-0.3, -0.25) is 0 Å². The third-order valence-electron chi connectivity index (χ3n) is 6.42. The molecule has 2 aromatic carbocycles. The zero-order chi connectivity index (χ0) is 17.9. The van der Waals surface area contributed by atoms with Crippen molar-refractivity contribution in [3.63, 3.8) is 0 Å². The van der Waals surface area contributed by atoms with Gasteiger partial charge >= 0.3 is 0 Å². The Morgan fingerprint density at radius 3 is 2.08 bits per heavy atom. The first-order valence-corrected chi connectivity index (χ1v) is 12.4. The van der Waals surface area contributed by atoms with Gasteiger partial charge in [0, 0.05) is 0 Å². The molecule has 1 aliphatic rings. The van der Waals surface area contributed by atoms with E-state index in [2.05, 4.69) is 88.1 Å². The fourth-order valence-corrected chi connectivity index (χ4v) is 9.72. The number of benzene rings is 2. The second kappa shape index (κ2) is 9.14. The molecule has 0 N–H and O–H groups in total. The summed E-state index contributed by atoms with van der Waals surface area (Å²) in [7, 11) is -1.27. The van der Waals surface area contributed by atoms with Gasteiger partial charge in [-0.2, -0.15) is 0 Å². The molecule has 26 heavy (non-hydrogen) atoms. The molecule has 0 saturated heterocycles. The minimum Gasteiger partial charge on any atom is -1.00 e. The summed E-state index contributed by atoms with van der Waals surface area (Å²) in [5.74, 6) is 2.54. The average molecular weight is 373 g/mol. The zero-order valence-corrected chi connectivity index (χ0v) is 17.6. The van der Waals surface area contributed by atoms with Crippen molar-refractivity contribution in [1.82, 2.24) is 0 Å². The summed E-state index contributed by atoms with van der Waals surface area (Å²) in [4.78, 5) is 0. The summed E-state index contributed by atoms with van der Waals surface area (Å²) in [6, 6.07) is 22.7. The predicted octanol–water partition coefficient (Wildman–Crippen LogP) is 3.62. The van der Waals surface area contributed by atoms with Gasteiger partial charge in [0.2, 0.25) is 0 Å². The Labute approximate surface area is 160 Å². The first-order valence-electron chi connectivity index (χ1n) is 9.95. The molecule has 0 radical (unpaired) electrons. The maximum atomic E-state index is 2.65. The zero-order valence-electron chi connectivity index (χ0n) is 16.7. The van der Waals surface area contributed by atoms with E-state index in [1.807, 2.05) is 0 Å². The van der Waals surface area contributed by atoms with E-state index < -0.39 is 7.26 Å². The summed E-state index contributed by atoms with van der Waals surface area (Å²) in [6.45, 7) is 10.0. The molecule has 1 unspecified atom stereocenters. The van der Waals surface area contributed by atoms with Gasteiger partial charge < -0.3 is 4.70 Å². The van der Waals surface area contributed by atoms with Gasteiger partial charge in [0.25, 0.3) is 0 Å². The monoisotopic (exact) mass is 372 g/mol. The van der Waals surface area contributed by atoms with Crippen molar-refractivity contribution in [2.45, 2.75) is 51.9 Å². The third-order valence-corrected chi connectivity index (χ3v) is 11.0. The van der Waals surface area contributed by atoms with Crippen LogP contribution in [-0.4, -0.2) is 12.3 Å². The number of rotatable bonds is 5. The fourth-order valence-electron chi connectivity index (χ4n) is 4.94. The van der Waals surface area contributed by atoms with E-state index in [4.69, 9.17) is 0 Å². The van der Waals surface area contributed by atoms with Gasteiger partial charge in [-0.15, -0.1) is 0 Å². The Morgan fingerprint density at radius 2 is 1.50 bits per heavy atom. The van der Waals surface area contributed by atoms with E-state index in [0.717, 1.165) is 23.4 Å². The van der Waals surface area contributed by atoms with Crippen LogP contribution in [0.4, 0.5) is 0 Å². The molecule has 0 nitrogen and oxygen atoms in total. The van der Waals surface area contributed by atoms with Crippen molar-refractivity contribution < 1.29 is 4.70 Å². The van der Waals surface area contributed by atoms with Gasteiger partial charge in [-0.1, -0.05) is 75.7 Å². The number of hydrogen-bond acceptors (Lipinski definition) is 0. The summed E-state index contributed by atoms with van der Waals surface area (Å²) < 4.78 is 0. The van der Waals surface area contributed by atoms with Crippen LogP contribution in [0.5, 0.6) is 0 Å². The highest BCUT2D eigenvalue weighted by Crippen LogP contribution is 2.67. The van der Waals surface area contributed by atoms with E-state index in [-0.39, 0.29) is 4.70 Å². The Hall–Kier alpha value is -1.20. The van der Waals surface area contributed by atoms with Gasteiger partial charge in [-0.05, 0) is 48.3 Å². The van der Waals surface area contributed by atoms with Crippen LogP contribution >= 0.6 is 7.26 Å². The van der Waals surface area contributed by atoms with E-state index >= 15 is 0 Å². The van der Waals surface area contributed by atoms with E-state index in [9.17, 15) is 0 Å². The lowest BCUT2D eigenvalue weighted by Crippen LogP contribution is -3.00. The van der Waals surface area contributed by atoms with Crippen LogP contribution < -0.4 is 10.0 Å². The van der Waals surface area contributed by atoms with Crippen LogP contribution in [0.3, 0.4) is 0 Å². The van der Waals surface area contributed by atoms with Crippen LogP contribution in [0.1, 0.15) is 45.6 Å². The molecule has 3 rings (SSSR count). The molecular formula is C24H34FP. The Morgan fingerprint density at radius 1 is 0.923 bits per heavy atom. The van der Waals surface area contributed by atoms with Gasteiger partial charge in [0.05, 0.1) is 31.1 Å². The molecule has 4 atom stereocenters. The van der Waals surface area contributed by atoms with Crippen LogP contribution in [0, 0.1) is 17.8 Å². The van der Waals surface area contributed by atoms with Crippen molar-refractivity contribution in [2.24, 2.45) is 17.8 Å².